The smallest absolute Gasteiger partial charge is 0.255 e. The number of carbonyl (C=O) groups is 1. The predicted octanol–water partition coefficient (Wildman–Crippen LogP) is 7.12. The van der Waals surface area contributed by atoms with E-state index in [0.29, 0.717) is 33.7 Å². The van der Waals surface area contributed by atoms with Gasteiger partial charge in [0.1, 0.15) is 0 Å². The first-order valence-corrected chi connectivity index (χ1v) is 9.31. The van der Waals surface area contributed by atoms with Crippen molar-refractivity contribution in [3.8, 4) is 5.75 Å². The molecule has 0 spiro atoms. The van der Waals surface area contributed by atoms with Crippen LogP contribution in [0.4, 0.5) is 5.69 Å². The maximum atomic E-state index is 12.4. The minimum absolute atomic E-state index is 0.288. The summed E-state index contributed by atoms with van der Waals surface area (Å²) in [6.45, 7) is 2.64. The molecule has 1 amide bonds. The topological polar surface area (TPSA) is 38.3 Å². The Bertz CT molecular complexity index is 742. The van der Waals surface area contributed by atoms with Gasteiger partial charge in [0.15, 0.2) is 5.75 Å². The molecule has 0 saturated heterocycles. The van der Waals surface area contributed by atoms with E-state index >= 15 is 0 Å². The Hall–Kier alpha value is -1.13. The van der Waals surface area contributed by atoms with E-state index in [1.54, 1.807) is 18.2 Å². The predicted molar refractivity (Wildman–Crippen MR) is 106 cm³/mol. The van der Waals surface area contributed by atoms with Crippen LogP contribution in [0.3, 0.4) is 0 Å². The van der Waals surface area contributed by atoms with Crippen molar-refractivity contribution < 1.29 is 9.53 Å². The van der Waals surface area contributed by atoms with Gasteiger partial charge < -0.3 is 10.1 Å². The molecular weight excluding hydrogens is 404 g/mol. The molecule has 0 aromatic heterocycles. The summed E-state index contributed by atoms with van der Waals surface area (Å²) in [5.74, 6) is 0.00562. The van der Waals surface area contributed by atoms with Gasteiger partial charge in [0.05, 0.1) is 27.4 Å². The lowest BCUT2D eigenvalue weighted by molar-refractivity contribution is 0.102. The molecular formula is C18H17Cl4NO2. The maximum Gasteiger partial charge on any atom is 0.255 e. The van der Waals surface area contributed by atoms with Crippen LogP contribution in [0, 0.1) is 0 Å². The third kappa shape index (κ3) is 5.68. The zero-order chi connectivity index (χ0) is 18.4. The van der Waals surface area contributed by atoms with Crippen molar-refractivity contribution in [3.63, 3.8) is 0 Å². The van der Waals surface area contributed by atoms with Gasteiger partial charge in [-0.2, -0.15) is 0 Å². The number of benzene rings is 2. The Morgan fingerprint density at radius 3 is 2.28 bits per heavy atom. The zero-order valence-corrected chi connectivity index (χ0v) is 16.6. The summed E-state index contributed by atoms with van der Waals surface area (Å²) in [4.78, 5) is 12.4. The van der Waals surface area contributed by atoms with Gasteiger partial charge in [0, 0.05) is 10.6 Å². The van der Waals surface area contributed by atoms with E-state index in [4.69, 9.17) is 51.1 Å². The third-order valence-corrected chi connectivity index (χ3v) is 4.54. The minimum atomic E-state index is -0.384. The summed E-state index contributed by atoms with van der Waals surface area (Å²) < 4.78 is 5.62. The molecule has 2 rings (SSSR count). The Balaban J connectivity index is 2.12. The maximum absolute atomic E-state index is 12.4. The highest BCUT2D eigenvalue weighted by Crippen LogP contribution is 2.35. The molecule has 0 saturated carbocycles. The van der Waals surface area contributed by atoms with Crippen molar-refractivity contribution in [2.24, 2.45) is 0 Å². The fourth-order valence-corrected chi connectivity index (χ4v) is 3.19. The number of halogens is 4. The molecule has 134 valence electrons. The standard InChI is InChI=1S/C18H17Cl4NO2/c1-2-3-4-7-25-17-14(21)8-11(9-15(17)22)18(24)23-16-6-5-12(19)10-13(16)20/h5-6,8-10H,2-4,7H2,1H3,(H,23,24). The summed E-state index contributed by atoms with van der Waals surface area (Å²) in [7, 11) is 0. The van der Waals surface area contributed by atoms with Crippen LogP contribution in [0.5, 0.6) is 5.75 Å². The molecule has 25 heavy (non-hydrogen) atoms. The summed E-state index contributed by atoms with van der Waals surface area (Å²) >= 11 is 24.3. The molecule has 0 fully saturated rings. The Morgan fingerprint density at radius 2 is 1.68 bits per heavy atom. The van der Waals surface area contributed by atoms with E-state index in [1.165, 1.54) is 12.1 Å². The minimum Gasteiger partial charge on any atom is -0.490 e. The zero-order valence-electron chi connectivity index (χ0n) is 13.5. The van der Waals surface area contributed by atoms with Crippen LogP contribution in [0.1, 0.15) is 36.5 Å². The molecule has 0 aliphatic heterocycles. The number of amides is 1. The van der Waals surface area contributed by atoms with Crippen LogP contribution < -0.4 is 10.1 Å². The summed E-state index contributed by atoms with van der Waals surface area (Å²) in [5, 5.41) is 4.10. The van der Waals surface area contributed by atoms with Gasteiger partial charge in [0.25, 0.3) is 5.91 Å². The largest absolute Gasteiger partial charge is 0.490 e. The van der Waals surface area contributed by atoms with Crippen molar-refractivity contribution >= 4 is 58.0 Å². The van der Waals surface area contributed by atoms with Crippen molar-refractivity contribution in [1.29, 1.82) is 0 Å². The molecule has 2 aromatic rings. The van der Waals surface area contributed by atoms with E-state index in [9.17, 15) is 4.79 Å². The van der Waals surface area contributed by atoms with Gasteiger partial charge in [-0.25, -0.2) is 0 Å². The number of hydrogen-bond acceptors (Lipinski definition) is 2. The molecule has 0 radical (unpaired) electrons. The normalized spacial score (nSPS) is 10.6. The molecule has 0 unspecified atom stereocenters. The molecule has 7 heteroatoms. The van der Waals surface area contributed by atoms with E-state index in [-0.39, 0.29) is 16.0 Å². The summed E-state index contributed by atoms with van der Waals surface area (Å²) in [5.41, 5.74) is 0.755. The first kappa shape index (κ1) is 20.2. The average Bonchev–Trinajstić information content (AvgIpc) is 2.55. The summed E-state index contributed by atoms with van der Waals surface area (Å²) in [6.07, 6.45) is 3.08. The van der Waals surface area contributed by atoms with E-state index in [0.717, 1.165) is 19.3 Å². The first-order chi connectivity index (χ1) is 11.9. The molecule has 3 nitrogen and oxygen atoms in total. The van der Waals surface area contributed by atoms with Gasteiger partial charge in [-0.1, -0.05) is 66.2 Å². The number of anilines is 1. The number of unbranched alkanes of at least 4 members (excludes halogenated alkanes) is 2. The molecule has 0 aliphatic rings. The number of carbonyl (C=O) groups excluding carboxylic acids is 1. The van der Waals surface area contributed by atoms with Crippen LogP contribution in [-0.2, 0) is 0 Å². The van der Waals surface area contributed by atoms with Crippen molar-refractivity contribution in [1.82, 2.24) is 0 Å². The summed E-state index contributed by atoms with van der Waals surface area (Å²) in [6, 6.07) is 7.84. The Labute approximate surface area is 167 Å². The number of ether oxygens (including phenoxy) is 1. The number of hydrogen-bond donors (Lipinski definition) is 1. The van der Waals surface area contributed by atoms with Gasteiger partial charge in [-0.3, -0.25) is 4.79 Å². The molecule has 0 heterocycles. The van der Waals surface area contributed by atoms with Gasteiger partial charge in [-0.05, 0) is 36.8 Å². The average molecular weight is 421 g/mol. The van der Waals surface area contributed by atoms with E-state index in [2.05, 4.69) is 12.2 Å². The lowest BCUT2D eigenvalue weighted by Gasteiger charge is -2.12. The molecule has 0 atom stereocenters. The highest BCUT2D eigenvalue weighted by atomic mass is 35.5. The van der Waals surface area contributed by atoms with Crippen molar-refractivity contribution in [2.75, 3.05) is 11.9 Å². The van der Waals surface area contributed by atoms with Crippen LogP contribution in [-0.4, -0.2) is 12.5 Å². The molecule has 0 bridgehead atoms. The van der Waals surface area contributed by atoms with Gasteiger partial charge >= 0.3 is 0 Å². The Morgan fingerprint density at radius 1 is 1.00 bits per heavy atom. The third-order valence-electron chi connectivity index (χ3n) is 3.43. The monoisotopic (exact) mass is 419 g/mol. The molecule has 1 N–H and O–H groups in total. The fraction of sp³-hybridized carbons (Fsp3) is 0.278. The second-order valence-electron chi connectivity index (χ2n) is 5.40. The second kappa shape index (κ2) is 9.54. The fourth-order valence-electron chi connectivity index (χ4n) is 2.14. The van der Waals surface area contributed by atoms with Gasteiger partial charge in [0.2, 0.25) is 0 Å². The van der Waals surface area contributed by atoms with Crippen LogP contribution in [0.25, 0.3) is 0 Å². The lowest BCUT2D eigenvalue weighted by atomic mass is 10.2. The Kier molecular flexibility index (Phi) is 7.70. The highest BCUT2D eigenvalue weighted by Gasteiger charge is 2.15. The van der Waals surface area contributed by atoms with Crippen LogP contribution in [0.2, 0.25) is 20.1 Å². The number of rotatable bonds is 7. The van der Waals surface area contributed by atoms with Gasteiger partial charge in [-0.15, -0.1) is 0 Å². The molecule has 2 aromatic carbocycles. The highest BCUT2D eigenvalue weighted by molar-refractivity contribution is 6.38. The van der Waals surface area contributed by atoms with Crippen LogP contribution in [0.15, 0.2) is 30.3 Å². The van der Waals surface area contributed by atoms with Crippen molar-refractivity contribution in [3.05, 3.63) is 56.0 Å². The van der Waals surface area contributed by atoms with E-state index < -0.39 is 0 Å². The van der Waals surface area contributed by atoms with E-state index in [1.807, 2.05) is 0 Å². The van der Waals surface area contributed by atoms with Crippen LogP contribution >= 0.6 is 46.4 Å². The SMILES string of the molecule is CCCCCOc1c(Cl)cc(C(=O)Nc2ccc(Cl)cc2Cl)cc1Cl. The van der Waals surface area contributed by atoms with Crippen molar-refractivity contribution in [2.45, 2.75) is 26.2 Å². The lowest BCUT2D eigenvalue weighted by Crippen LogP contribution is -2.12. The quantitative estimate of drug-likeness (QED) is 0.484. The first-order valence-electron chi connectivity index (χ1n) is 7.80. The number of nitrogens with one attached hydrogen (secondary N) is 1. The second-order valence-corrected chi connectivity index (χ2v) is 7.06. The molecule has 0 aliphatic carbocycles.